The Morgan fingerprint density at radius 3 is 2.33 bits per heavy atom. The summed E-state index contributed by atoms with van der Waals surface area (Å²) in [5.41, 5.74) is 7.44. The van der Waals surface area contributed by atoms with Crippen LogP contribution < -0.4 is 15.0 Å². The Labute approximate surface area is 236 Å². The van der Waals surface area contributed by atoms with Crippen LogP contribution in [0.1, 0.15) is 71.8 Å². The number of rotatable bonds is 8. The molecule has 1 atom stereocenters. The number of aryl methyl sites for hydroxylation is 2. The van der Waals surface area contributed by atoms with Crippen molar-refractivity contribution in [3.05, 3.63) is 112 Å². The number of fused-ring (bicyclic) bond motifs is 6. The highest BCUT2D eigenvalue weighted by Gasteiger charge is 2.53. The molecule has 0 saturated carbocycles. The van der Waals surface area contributed by atoms with Crippen molar-refractivity contribution in [2.45, 2.75) is 52.6 Å². The van der Waals surface area contributed by atoms with E-state index in [0.717, 1.165) is 58.8 Å². The molecule has 1 N–H and O–H groups in total. The topological polar surface area (TPSA) is 50.8 Å². The van der Waals surface area contributed by atoms with Gasteiger partial charge in [0.25, 0.3) is 0 Å². The lowest BCUT2D eigenvalue weighted by atomic mass is 9.77. The molecule has 0 radical (unpaired) electrons. The summed E-state index contributed by atoms with van der Waals surface area (Å²) in [5.74, 6) is 1.09. The second-order valence-electron chi connectivity index (χ2n) is 10.7. The molecule has 2 aliphatic heterocycles. The minimum absolute atomic E-state index is 0.319. The van der Waals surface area contributed by atoms with E-state index in [4.69, 9.17) is 9.47 Å². The van der Waals surface area contributed by atoms with E-state index in [0.29, 0.717) is 17.1 Å². The van der Waals surface area contributed by atoms with E-state index in [1.807, 2.05) is 24.3 Å². The number of anilines is 3. The van der Waals surface area contributed by atoms with Gasteiger partial charge in [-0.05, 0) is 87.2 Å². The van der Waals surface area contributed by atoms with Crippen LogP contribution in [-0.2, 0) is 16.8 Å². The number of nitrogens with one attached hydrogen (secondary N) is 1. The molecule has 0 aliphatic carbocycles. The van der Waals surface area contributed by atoms with Gasteiger partial charge in [-0.2, -0.15) is 0 Å². The average molecular weight is 533 g/mol. The number of benzene rings is 4. The molecular formula is C35H36N2O3. The highest BCUT2D eigenvalue weighted by molar-refractivity contribution is 5.97. The highest BCUT2D eigenvalue weighted by Crippen LogP contribution is 2.57. The van der Waals surface area contributed by atoms with Crippen LogP contribution in [-0.4, -0.2) is 19.1 Å². The minimum atomic E-state index is -1.09. The van der Waals surface area contributed by atoms with Crippen LogP contribution in [0, 0.1) is 6.92 Å². The Balaban J connectivity index is 1.48. The Kier molecular flexibility index (Phi) is 6.75. The average Bonchev–Trinajstić information content (AvgIpc) is 3.27. The van der Waals surface area contributed by atoms with Gasteiger partial charge in [-0.15, -0.1) is 0 Å². The Hall–Kier alpha value is -4.25. The lowest BCUT2D eigenvalue weighted by Crippen LogP contribution is -2.33. The normalized spacial score (nSPS) is 16.6. The molecule has 1 spiro atoms. The van der Waals surface area contributed by atoms with E-state index < -0.39 is 5.60 Å². The van der Waals surface area contributed by atoms with E-state index in [2.05, 4.69) is 92.5 Å². The number of hydrogen-bond acceptors (Lipinski definition) is 5. The zero-order chi connectivity index (χ0) is 27.9. The van der Waals surface area contributed by atoms with Crippen molar-refractivity contribution >= 4 is 23.0 Å². The number of unbranched alkanes of at least 4 members (excludes halogenated alkanes) is 1. The molecular weight excluding hydrogens is 496 g/mol. The minimum Gasteiger partial charge on any atom is -0.456 e. The van der Waals surface area contributed by atoms with Crippen LogP contribution in [0.15, 0.2) is 78.9 Å². The molecule has 0 bridgehead atoms. The van der Waals surface area contributed by atoms with Gasteiger partial charge in [-0.3, -0.25) is 0 Å². The third-order valence-electron chi connectivity index (χ3n) is 8.22. The van der Waals surface area contributed by atoms with Crippen LogP contribution >= 0.6 is 0 Å². The van der Waals surface area contributed by atoms with Gasteiger partial charge in [0, 0.05) is 52.9 Å². The smallest absolute Gasteiger partial charge is 0.340 e. The fourth-order valence-electron chi connectivity index (χ4n) is 6.02. The van der Waals surface area contributed by atoms with Crippen LogP contribution in [0.5, 0.6) is 11.5 Å². The lowest BCUT2D eigenvalue weighted by Gasteiger charge is -2.37. The Morgan fingerprint density at radius 1 is 0.825 bits per heavy atom. The van der Waals surface area contributed by atoms with Gasteiger partial charge in [-0.25, -0.2) is 4.79 Å². The molecule has 40 heavy (non-hydrogen) atoms. The van der Waals surface area contributed by atoms with E-state index in [-0.39, 0.29) is 5.97 Å². The van der Waals surface area contributed by atoms with E-state index >= 15 is 0 Å². The van der Waals surface area contributed by atoms with Crippen molar-refractivity contribution < 1.29 is 14.3 Å². The molecule has 2 heterocycles. The molecule has 5 nitrogen and oxygen atoms in total. The Bertz CT molecular complexity index is 1570. The number of ether oxygens (including phenoxy) is 2. The maximum Gasteiger partial charge on any atom is 0.340 e. The zero-order valence-electron chi connectivity index (χ0n) is 23.7. The standard InChI is InChI=1S/C35H36N2O3/c1-5-8-11-24-14-16-25(17-15-24)36-31-22-30-32(20-23(31)4)39-33-21-26(37(6-2)7-3)18-19-29(33)35(30)28-13-10-9-12-27(28)34(38)40-35/h9-10,12-22,36H,5-8,11H2,1-4H3. The first kappa shape index (κ1) is 26.0. The largest absolute Gasteiger partial charge is 0.456 e. The number of esters is 1. The van der Waals surface area contributed by atoms with E-state index in [1.165, 1.54) is 18.4 Å². The first-order valence-electron chi connectivity index (χ1n) is 14.4. The van der Waals surface area contributed by atoms with Gasteiger partial charge in [-0.1, -0.05) is 43.7 Å². The molecule has 6 rings (SSSR count). The molecule has 204 valence electrons. The van der Waals surface area contributed by atoms with Crippen molar-refractivity contribution in [1.82, 2.24) is 0 Å². The molecule has 0 saturated heterocycles. The summed E-state index contributed by atoms with van der Waals surface area (Å²) < 4.78 is 13.0. The molecule has 4 aromatic rings. The summed E-state index contributed by atoms with van der Waals surface area (Å²) in [6.07, 6.45) is 3.47. The summed E-state index contributed by atoms with van der Waals surface area (Å²) in [5, 5.41) is 3.61. The zero-order valence-corrected chi connectivity index (χ0v) is 23.7. The fraction of sp³-hybridized carbons (Fsp3) is 0.286. The molecule has 0 fully saturated rings. The second-order valence-corrected chi connectivity index (χ2v) is 10.7. The maximum absolute atomic E-state index is 13.3. The highest BCUT2D eigenvalue weighted by atomic mass is 16.6. The van der Waals surface area contributed by atoms with Crippen molar-refractivity contribution in [3.8, 4) is 11.5 Å². The third-order valence-corrected chi connectivity index (χ3v) is 8.22. The molecule has 4 aromatic carbocycles. The molecule has 0 aromatic heterocycles. The van der Waals surface area contributed by atoms with Crippen molar-refractivity contribution in [2.75, 3.05) is 23.3 Å². The number of carbonyl (C=O) groups excluding carboxylic acids is 1. The molecule has 0 amide bonds. The van der Waals surface area contributed by atoms with Gasteiger partial charge in [0.15, 0.2) is 5.60 Å². The van der Waals surface area contributed by atoms with Gasteiger partial charge in [0.05, 0.1) is 5.56 Å². The van der Waals surface area contributed by atoms with Gasteiger partial charge in [0.2, 0.25) is 0 Å². The van der Waals surface area contributed by atoms with Gasteiger partial charge >= 0.3 is 5.97 Å². The summed E-state index contributed by atoms with van der Waals surface area (Å²) in [4.78, 5) is 15.6. The van der Waals surface area contributed by atoms with Crippen LogP contribution in [0.4, 0.5) is 17.1 Å². The SMILES string of the molecule is CCCCc1ccc(Nc2cc3c(cc2C)Oc2cc(N(CC)CC)ccc2C32OC(=O)c3ccccc32)cc1. The summed E-state index contributed by atoms with van der Waals surface area (Å²) in [6.45, 7) is 10.4. The molecule has 2 aliphatic rings. The summed E-state index contributed by atoms with van der Waals surface area (Å²) in [7, 11) is 0. The van der Waals surface area contributed by atoms with Crippen LogP contribution in [0.25, 0.3) is 0 Å². The van der Waals surface area contributed by atoms with Gasteiger partial charge < -0.3 is 19.7 Å². The maximum atomic E-state index is 13.3. The summed E-state index contributed by atoms with van der Waals surface area (Å²) in [6, 6.07) is 26.7. The number of hydrogen-bond donors (Lipinski definition) is 1. The first-order valence-corrected chi connectivity index (χ1v) is 14.4. The number of nitrogens with zero attached hydrogens (tertiary/aromatic N) is 1. The van der Waals surface area contributed by atoms with Crippen molar-refractivity contribution in [3.63, 3.8) is 0 Å². The Morgan fingerprint density at radius 2 is 1.57 bits per heavy atom. The van der Waals surface area contributed by atoms with Crippen molar-refractivity contribution in [1.29, 1.82) is 0 Å². The van der Waals surface area contributed by atoms with Crippen molar-refractivity contribution in [2.24, 2.45) is 0 Å². The predicted molar refractivity (Wildman–Crippen MR) is 161 cm³/mol. The van der Waals surface area contributed by atoms with Gasteiger partial charge in [0.1, 0.15) is 11.5 Å². The number of carbonyl (C=O) groups is 1. The lowest BCUT2D eigenvalue weighted by molar-refractivity contribution is 0.0224. The molecule has 1 unspecified atom stereocenters. The fourth-order valence-corrected chi connectivity index (χ4v) is 6.02. The predicted octanol–water partition coefficient (Wildman–Crippen LogP) is 8.50. The third kappa shape index (κ3) is 4.21. The van der Waals surface area contributed by atoms with Crippen LogP contribution in [0.3, 0.4) is 0 Å². The summed E-state index contributed by atoms with van der Waals surface area (Å²) >= 11 is 0. The molecule has 5 heteroatoms. The quantitative estimate of drug-likeness (QED) is 0.231. The van der Waals surface area contributed by atoms with Crippen LogP contribution in [0.2, 0.25) is 0 Å². The monoisotopic (exact) mass is 532 g/mol. The van der Waals surface area contributed by atoms with E-state index in [1.54, 1.807) is 0 Å². The van der Waals surface area contributed by atoms with E-state index in [9.17, 15) is 4.79 Å². The second kappa shape index (κ2) is 10.4. The first-order chi connectivity index (χ1) is 19.5.